The van der Waals surface area contributed by atoms with Crippen molar-refractivity contribution in [3.05, 3.63) is 41.2 Å². The van der Waals surface area contributed by atoms with Gasteiger partial charge in [0.15, 0.2) is 0 Å². The number of aromatic nitrogens is 2. The van der Waals surface area contributed by atoms with Crippen LogP contribution in [0.15, 0.2) is 35.6 Å². The Morgan fingerprint density at radius 2 is 2.17 bits per heavy atom. The molecule has 1 heterocycles. The molecule has 60 valence electrons. The first-order valence-electron chi connectivity index (χ1n) is 3.65. The van der Waals surface area contributed by atoms with Crippen molar-refractivity contribution in [1.29, 1.82) is 0 Å². The number of hydrogen-bond acceptors (Lipinski definition) is 1. The van der Waals surface area contributed by atoms with Gasteiger partial charge in [0, 0.05) is 6.20 Å². The lowest BCUT2D eigenvalue weighted by molar-refractivity contribution is 0.943. The Morgan fingerprint density at radius 1 is 1.42 bits per heavy atom. The molecule has 0 aliphatic rings. The molecule has 3 heteroatoms. The van der Waals surface area contributed by atoms with Crippen LogP contribution in [-0.4, -0.2) is 9.78 Å². The Morgan fingerprint density at radius 3 is 2.92 bits per heavy atom. The van der Waals surface area contributed by atoms with E-state index in [2.05, 4.69) is 11.7 Å². The molecule has 1 N–H and O–H groups in total. The van der Waals surface area contributed by atoms with Crippen LogP contribution in [0.25, 0.3) is 17.1 Å². The Hall–Kier alpha value is -1.77. The molecule has 2 aromatic rings. The number of para-hydroxylation sites is 1. The molecule has 0 radical (unpaired) electrons. The van der Waals surface area contributed by atoms with Crippen LogP contribution in [-0.2, 0) is 0 Å². The van der Waals surface area contributed by atoms with Crippen molar-refractivity contribution in [1.82, 2.24) is 9.78 Å². The molecular formula is C9H8N2O. The summed E-state index contributed by atoms with van der Waals surface area (Å²) in [5.41, 5.74) is 0.781. The molecule has 12 heavy (non-hydrogen) atoms. The SMILES string of the molecule is C=Cn1[nH]c(=O)c2ccccc21. The summed E-state index contributed by atoms with van der Waals surface area (Å²) in [7, 11) is 0. The van der Waals surface area contributed by atoms with Gasteiger partial charge in [0.2, 0.25) is 0 Å². The molecule has 3 nitrogen and oxygen atoms in total. The highest BCUT2D eigenvalue weighted by Gasteiger charge is 2.00. The third-order valence-electron chi connectivity index (χ3n) is 1.81. The van der Waals surface area contributed by atoms with Crippen LogP contribution in [0.3, 0.4) is 0 Å². The second kappa shape index (κ2) is 2.37. The van der Waals surface area contributed by atoms with Crippen LogP contribution in [0.2, 0.25) is 0 Å². The molecule has 0 saturated heterocycles. The van der Waals surface area contributed by atoms with Crippen molar-refractivity contribution in [2.75, 3.05) is 0 Å². The van der Waals surface area contributed by atoms with E-state index < -0.39 is 0 Å². The normalized spacial score (nSPS) is 10.3. The minimum Gasteiger partial charge on any atom is -0.267 e. The molecule has 0 spiro atoms. The zero-order valence-corrected chi connectivity index (χ0v) is 6.45. The Labute approximate surface area is 68.9 Å². The number of nitrogens with zero attached hydrogens (tertiary/aromatic N) is 1. The second-order valence-electron chi connectivity index (χ2n) is 2.51. The molecule has 2 rings (SSSR count). The van der Waals surface area contributed by atoms with E-state index in [4.69, 9.17) is 0 Å². The van der Waals surface area contributed by atoms with Gasteiger partial charge in [-0.3, -0.25) is 14.6 Å². The summed E-state index contributed by atoms with van der Waals surface area (Å²) < 4.78 is 1.61. The molecule has 0 fully saturated rings. The van der Waals surface area contributed by atoms with Crippen LogP contribution in [0.4, 0.5) is 0 Å². The highest BCUT2D eigenvalue weighted by atomic mass is 16.1. The fraction of sp³-hybridized carbons (Fsp3) is 0. The maximum atomic E-state index is 11.2. The maximum absolute atomic E-state index is 11.2. The van der Waals surface area contributed by atoms with Gasteiger partial charge in [-0.1, -0.05) is 18.7 Å². The topological polar surface area (TPSA) is 37.8 Å². The van der Waals surface area contributed by atoms with Crippen LogP contribution in [0.1, 0.15) is 0 Å². The maximum Gasteiger partial charge on any atom is 0.272 e. The highest BCUT2D eigenvalue weighted by molar-refractivity contribution is 5.79. The van der Waals surface area contributed by atoms with Gasteiger partial charge in [0.05, 0.1) is 10.9 Å². The third kappa shape index (κ3) is 0.797. The average molecular weight is 160 g/mol. The lowest BCUT2D eigenvalue weighted by Crippen LogP contribution is -2.00. The molecule has 0 unspecified atom stereocenters. The van der Waals surface area contributed by atoms with Crippen molar-refractivity contribution < 1.29 is 0 Å². The van der Waals surface area contributed by atoms with Gasteiger partial charge in [0.25, 0.3) is 5.56 Å². The fourth-order valence-corrected chi connectivity index (χ4v) is 1.25. The van der Waals surface area contributed by atoms with E-state index in [1.807, 2.05) is 18.2 Å². The van der Waals surface area contributed by atoms with E-state index >= 15 is 0 Å². The summed E-state index contributed by atoms with van der Waals surface area (Å²) >= 11 is 0. The molecule has 0 aliphatic heterocycles. The van der Waals surface area contributed by atoms with Crippen molar-refractivity contribution >= 4 is 17.1 Å². The van der Waals surface area contributed by atoms with Crippen LogP contribution >= 0.6 is 0 Å². The number of rotatable bonds is 1. The minimum atomic E-state index is -0.0782. The molecule has 1 aromatic heterocycles. The van der Waals surface area contributed by atoms with Crippen molar-refractivity contribution in [3.8, 4) is 0 Å². The van der Waals surface area contributed by atoms with E-state index in [0.29, 0.717) is 5.39 Å². The monoisotopic (exact) mass is 160 g/mol. The molecule has 0 aliphatic carbocycles. The molecule has 0 amide bonds. The third-order valence-corrected chi connectivity index (χ3v) is 1.81. The van der Waals surface area contributed by atoms with E-state index in [1.165, 1.54) is 0 Å². The largest absolute Gasteiger partial charge is 0.272 e. The summed E-state index contributed by atoms with van der Waals surface area (Å²) in [5.74, 6) is 0. The number of nitrogens with one attached hydrogen (secondary N) is 1. The number of fused-ring (bicyclic) bond motifs is 1. The molecule has 0 saturated carbocycles. The summed E-state index contributed by atoms with van der Waals surface area (Å²) in [6, 6.07) is 7.38. The van der Waals surface area contributed by atoms with Gasteiger partial charge >= 0.3 is 0 Å². The van der Waals surface area contributed by atoms with Crippen molar-refractivity contribution in [2.45, 2.75) is 0 Å². The number of benzene rings is 1. The second-order valence-corrected chi connectivity index (χ2v) is 2.51. The Bertz CT molecular complexity index is 478. The summed E-state index contributed by atoms with van der Waals surface area (Å²) in [6.45, 7) is 3.59. The standard InChI is InChI=1S/C9H8N2O/c1-2-11-8-6-4-3-5-7(8)9(12)10-11/h2-6H,1H2,(H,10,12). The first-order chi connectivity index (χ1) is 5.83. The lowest BCUT2D eigenvalue weighted by Gasteiger charge is -1.92. The average Bonchev–Trinajstić information content (AvgIpc) is 2.44. The van der Waals surface area contributed by atoms with Crippen LogP contribution in [0, 0.1) is 0 Å². The predicted molar refractivity (Wildman–Crippen MR) is 48.9 cm³/mol. The van der Waals surface area contributed by atoms with E-state index in [9.17, 15) is 4.79 Å². The summed E-state index contributed by atoms with van der Waals surface area (Å²) in [4.78, 5) is 11.2. The molecule has 0 bridgehead atoms. The zero-order chi connectivity index (χ0) is 8.55. The Balaban J connectivity index is 3.00. The number of hydrogen-bond donors (Lipinski definition) is 1. The fourth-order valence-electron chi connectivity index (χ4n) is 1.25. The van der Waals surface area contributed by atoms with Gasteiger partial charge < -0.3 is 0 Å². The number of aromatic amines is 1. The first-order valence-corrected chi connectivity index (χ1v) is 3.65. The Kier molecular flexibility index (Phi) is 1.37. The smallest absolute Gasteiger partial charge is 0.267 e. The predicted octanol–water partition coefficient (Wildman–Crippen LogP) is 1.43. The van der Waals surface area contributed by atoms with E-state index in [0.717, 1.165) is 5.52 Å². The van der Waals surface area contributed by atoms with E-state index in [-0.39, 0.29) is 5.56 Å². The first kappa shape index (κ1) is 6.91. The molecular weight excluding hydrogens is 152 g/mol. The zero-order valence-electron chi connectivity index (χ0n) is 6.45. The van der Waals surface area contributed by atoms with Crippen molar-refractivity contribution in [3.63, 3.8) is 0 Å². The van der Waals surface area contributed by atoms with Gasteiger partial charge in [-0.15, -0.1) is 0 Å². The van der Waals surface area contributed by atoms with Crippen LogP contribution < -0.4 is 5.56 Å². The molecule has 1 aromatic carbocycles. The van der Waals surface area contributed by atoms with Crippen molar-refractivity contribution in [2.24, 2.45) is 0 Å². The minimum absolute atomic E-state index is 0.0782. The molecule has 0 atom stereocenters. The van der Waals surface area contributed by atoms with E-state index in [1.54, 1.807) is 16.9 Å². The van der Waals surface area contributed by atoms with Gasteiger partial charge in [-0.2, -0.15) is 0 Å². The lowest BCUT2D eigenvalue weighted by atomic mass is 10.2. The van der Waals surface area contributed by atoms with Gasteiger partial charge in [-0.25, -0.2) is 0 Å². The quantitative estimate of drug-likeness (QED) is 0.673. The summed E-state index contributed by atoms with van der Waals surface area (Å²) in [5, 5.41) is 3.34. The van der Waals surface area contributed by atoms with Crippen LogP contribution in [0.5, 0.6) is 0 Å². The van der Waals surface area contributed by atoms with Gasteiger partial charge in [-0.05, 0) is 12.1 Å². The van der Waals surface area contributed by atoms with Gasteiger partial charge in [0.1, 0.15) is 0 Å². The highest BCUT2D eigenvalue weighted by Crippen LogP contribution is 2.07. The summed E-state index contributed by atoms with van der Waals surface area (Å²) in [6.07, 6.45) is 1.57. The number of H-pyrrole nitrogens is 1.